The Balaban J connectivity index is 1.48. The maximum Gasteiger partial charge on any atom is 0.311 e. The Hall–Kier alpha value is -2.34. The first kappa shape index (κ1) is 17.7. The van der Waals surface area contributed by atoms with Gasteiger partial charge in [0.15, 0.2) is 11.5 Å². The molecule has 6 heteroatoms. The molecule has 2 aliphatic heterocycles. The summed E-state index contributed by atoms with van der Waals surface area (Å²) in [4.78, 5) is 25.4. The molecular formula is C22H25NO5. The standard InChI is InChI=1S/C22H25NO5/c1-23-11-10-22-14-4-2-5-17(22)28-21-16(27-19(26)7-3-6-18(24)25)9-8-13(20(21)22)12-15(14)23/h2,4,8-9,14-15,17H,3,5-7,10-12H2,1H3,(H,24,25). The van der Waals surface area contributed by atoms with Crippen LogP contribution in [-0.4, -0.2) is 47.7 Å². The van der Waals surface area contributed by atoms with Crippen LogP contribution in [0.2, 0.25) is 0 Å². The van der Waals surface area contributed by atoms with Gasteiger partial charge in [-0.15, -0.1) is 0 Å². The van der Waals surface area contributed by atoms with E-state index >= 15 is 0 Å². The van der Waals surface area contributed by atoms with Crippen LogP contribution in [0.1, 0.15) is 43.2 Å². The zero-order valence-electron chi connectivity index (χ0n) is 16.0. The summed E-state index contributed by atoms with van der Waals surface area (Å²) in [5.41, 5.74) is 2.55. The number of carbonyl (C=O) groups excluding carboxylic acids is 1. The van der Waals surface area contributed by atoms with Crippen LogP contribution in [0.15, 0.2) is 24.3 Å². The second kappa shape index (κ2) is 6.34. The summed E-state index contributed by atoms with van der Waals surface area (Å²) >= 11 is 0. The summed E-state index contributed by atoms with van der Waals surface area (Å²) in [5, 5.41) is 8.74. The topological polar surface area (TPSA) is 76.1 Å². The Labute approximate surface area is 164 Å². The van der Waals surface area contributed by atoms with Crippen molar-refractivity contribution in [1.82, 2.24) is 4.90 Å². The molecule has 1 aromatic carbocycles. The van der Waals surface area contributed by atoms with E-state index in [4.69, 9.17) is 14.6 Å². The number of likely N-dealkylation sites (N-methyl/N-ethyl adjacent to an activating group) is 1. The zero-order valence-corrected chi connectivity index (χ0v) is 16.0. The number of carboxylic acid groups (broad SMARTS) is 1. The van der Waals surface area contributed by atoms with E-state index in [1.165, 1.54) is 11.1 Å². The molecular weight excluding hydrogens is 358 g/mol. The Morgan fingerprint density at radius 2 is 2.21 bits per heavy atom. The molecule has 1 fully saturated rings. The van der Waals surface area contributed by atoms with Crippen LogP contribution in [0.25, 0.3) is 0 Å². The monoisotopic (exact) mass is 383 g/mol. The van der Waals surface area contributed by atoms with Gasteiger partial charge in [-0.25, -0.2) is 0 Å². The zero-order chi connectivity index (χ0) is 19.5. The molecule has 0 amide bonds. The van der Waals surface area contributed by atoms with Crippen molar-refractivity contribution >= 4 is 11.9 Å². The highest BCUT2D eigenvalue weighted by molar-refractivity contribution is 5.75. The number of rotatable bonds is 5. The predicted octanol–water partition coefficient (Wildman–Crippen LogP) is 2.68. The lowest BCUT2D eigenvalue weighted by Gasteiger charge is -2.55. The minimum Gasteiger partial charge on any atom is -0.485 e. The molecule has 5 rings (SSSR count). The van der Waals surface area contributed by atoms with E-state index in [0.29, 0.717) is 17.7 Å². The minimum atomic E-state index is -0.901. The largest absolute Gasteiger partial charge is 0.485 e. The van der Waals surface area contributed by atoms with Gasteiger partial charge in [0.2, 0.25) is 0 Å². The maximum absolute atomic E-state index is 12.2. The van der Waals surface area contributed by atoms with Gasteiger partial charge in [-0.2, -0.15) is 0 Å². The van der Waals surface area contributed by atoms with Crippen molar-refractivity contribution in [3.63, 3.8) is 0 Å². The Morgan fingerprint density at radius 1 is 1.36 bits per heavy atom. The fraction of sp³-hybridized carbons (Fsp3) is 0.545. The highest BCUT2D eigenvalue weighted by Gasteiger charge is 2.62. The van der Waals surface area contributed by atoms with Gasteiger partial charge in [-0.3, -0.25) is 9.59 Å². The van der Waals surface area contributed by atoms with Crippen LogP contribution >= 0.6 is 0 Å². The lowest BCUT2D eigenvalue weighted by molar-refractivity contribution is -0.137. The van der Waals surface area contributed by atoms with Crippen molar-refractivity contribution in [1.29, 1.82) is 0 Å². The van der Waals surface area contributed by atoms with E-state index in [1.807, 2.05) is 6.07 Å². The first-order valence-corrected chi connectivity index (χ1v) is 10.1. The van der Waals surface area contributed by atoms with Gasteiger partial charge in [-0.1, -0.05) is 18.2 Å². The SMILES string of the molecule is CN1CCC23c4c5ccc(OC(=O)CCCC(=O)O)c4OC2CC=CC3C1C5. The number of benzene rings is 1. The quantitative estimate of drug-likeness (QED) is 0.479. The van der Waals surface area contributed by atoms with Crippen molar-refractivity contribution in [2.24, 2.45) is 5.92 Å². The van der Waals surface area contributed by atoms with Crippen LogP contribution in [0.5, 0.6) is 11.5 Å². The molecule has 1 aromatic rings. The van der Waals surface area contributed by atoms with Crippen molar-refractivity contribution in [2.75, 3.05) is 13.6 Å². The fourth-order valence-corrected chi connectivity index (χ4v) is 5.84. The predicted molar refractivity (Wildman–Crippen MR) is 102 cm³/mol. The number of piperidine rings is 1. The molecule has 2 bridgehead atoms. The molecule has 4 aliphatic rings. The molecule has 0 saturated carbocycles. The third kappa shape index (κ3) is 2.43. The average molecular weight is 383 g/mol. The first-order valence-electron chi connectivity index (χ1n) is 10.1. The normalized spacial score (nSPS) is 31.8. The Morgan fingerprint density at radius 3 is 3.04 bits per heavy atom. The van der Waals surface area contributed by atoms with Crippen molar-refractivity contribution in [3.05, 3.63) is 35.4 Å². The molecule has 4 unspecified atom stereocenters. The van der Waals surface area contributed by atoms with Gasteiger partial charge in [-0.05, 0) is 44.5 Å². The van der Waals surface area contributed by atoms with Gasteiger partial charge in [0, 0.05) is 42.2 Å². The molecule has 2 aliphatic carbocycles. The van der Waals surface area contributed by atoms with Gasteiger partial charge >= 0.3 is 11.9 Å². The third-order valence-electron chi connectivity index (χ3n) is 7.08. The van der Waals surface area contributed by atoms with Gasteiger partial charge in [0.25, 0.3) is 0 Å². The molecule has 4 atom stereocenters. The first-order chi connectivity index (χ1) is 13.5. The molecule has 1 spiro atoms. The van der Waals surface area contributed by atoms with E-state index in [1.54, 1.807) is 0 Å². The van der Waals surface area contributed by atoms with Crippen molar-refractivity contribution in [2.45, 2.75) is 56.1 Å². The second-order valence-corrected chi connectivity index (χ2v) is 8.49. The molecule has 148 valence electrons. The van der Waals surface area contributed by atoms with Crippen LogP contribution in [0, 0.1) is 5.92 Å². The maximum atomic E-state index is 12.2. The molecule has 1 saturated heterocycles. The molecule has 2 heterocycles. The molecule has 0 radical (unpaired) electrons. The number of carboxylic acids is 1. The highest BCUT2D eigenvalue weighted by Crippen LogP contribution is 2.62. The number of nitrogens with zero attached hydrogens (tertiary/aromatic N) is 1. The van der Waals surface area contributed by atoms with Crippen LogP contribution in [0.4, 0.5) is 0 Å². The van der Waals surface area contributed by atoms with Crippen molar-refractivity contribution in [3.8, 4) is 11.5 Å². The Kier molecular flexibility index (Phi) is 4.02. The fourth-order valence-electron chi connectivity index (χ4n) is 5.84. The summed E-state index contributed by atoms with van der Waals surface area (Å²) in [6, 6.07) is 4.42. The summed E-state index contributed by atoms with van der Waals surface area (Å²) in [5.74, 6) is 0.354. The van der Waals surface area contributed by atoms with Gasteiger partial charge in [0.05, 0.1) is 0 Å². The number of hydrogen-bond donors (Lipinski definition) is 1. The van der Waals surface area contributed by atoms with Crippen LogP contribution in [-0.2, 0) is 21.4 Å². The number of hydrogen-bond acceptors (Lipinski definition) is 5. The van der Waals surface area contributed by atoms with Crippen molar-refractivity contribution < 1.29 is 24.2 Å². The summed E-state index contributed by atoms with van der Waals surface area (Å²) in [6.07, 6.45) is 7.98. The van der Waals surface area contributed by atoms with E-state index < -0.39 is 11.9 Å². The third-order valence-corrected chi connectivity index (χ3v) is 7.08. The number of aliphatic carboxylic acids is 1. The number of esters is 1. The van der Waals surface area contributed by atoms with Crippen LogP contribution in [0.3, 0.4) is 0 Å². The molecule has 28 heavy (non-hydrogen) atoms. The number of likely N-dealkylation sites (tertiary alicyclic amines) is 1. The lowest BCUT2D eigenvalue weighted by atomic mass is 9.54. The average Bonchev–Trinajstić information content (AvgIpc) is 3.00. The molecule has 6 nitrogen and oxygen atoms in total. The Bertz CT molecular complexity index is 878. The van der Waals surface area contributed by atoms with E-state index in [-0.39, 0.29) is 30.8 Å². The summed E-state index contributed by atoms with van der Waals surface area (Å²) in [7, 11) is 2.21. The van der Waals surface area contributed by atoms with E-state index in [0.717, 1.165) is 31.6 Å². The van der Waals surface area contributed by atoms with E-state index in [9.17, 15) is 9.59 Å². The lowest BCUT2D eigenvalue weighted by Crippen LogP contribution is -2.62. The van der Waals surface area contributed by atoms with Gasteiger partial charge < -0.3 is 19.5 Å². The highest BCUT2D eigenvalue weighted by atomic mass is 16.6. The summed E-state index contributed by atoms with van der Waals surface area (Å²) < 4.78 is 12.1. The minimum absolute atomic E-state index is 0.0133. The number of ether oxygens (including phenoxy) is 2. The molecule has 1 N–H and O–H groups in total. The number of carbonyl (C=O) groups is 2. The van der Waals surface area contributed by atoms with E-state index in [2.05, 4.69) is 30.2 Å². The molecule has 0 aromatic heterocycles. The van der Waals surface area contributed by atoms with Crippen LogP contribution < -0.4 is 9.47 Å². The van der Waals surface area contributed by atoms with Gasteiger partial charge in [0.1, 0.15) is 6.10 Å². The smallest absolute Gasteiger partial charge is 0.311 e. The second-order valence-electron chi connectivity index (χ2n) is 8.49. The summed E-state index contributed by atoms with van der Waals surface area (Å²) in [6.45, 7) is 1.05.